The maximum Gasteiger partial charge on any atom is 0.469 e. The van der Waals surface area contributed by atoms with Crippen molar-refractivity contribution in [3.05, 3.63) is 0 Å². The Kier molecular flexibility index (Phi) is 18.1. The first-order valence-electron chi connectivity index (χ1n) is 11.7. The van der Waals surface area contributed by atoms with Gasteiger partial charge in [0.15, 0.2) is 6.04 Å². The van der Waals surface area contributed by atoms with Gasteiger partial charge in [-0.1, -0.05) is 0 Å². The second kappa shape index (κ2) is 19.0. The minimum absolute atomic E-state index is 1.16. The standard InChI is InChI=1S/C15H31N5O23P4/c16-6(2-40-44(28,29)30)11(22)18-8(3-41-45(31,32)33)14(25)19-9(4-42-46(34,35)36)13(24)17-7(1-21)12(23)20-10(15(26)27)5-43-47(37,38)39/h6-10,21H,1-5,16H2,(H,17,24)(H,18,22)(H,19,25)(H,20,23)(H,26,27)(H2,28,29,30)(H2,31,32,33)(H2,34,35,36)(H2,37,38,39)/t6-,7-,8-,9-,10-/m0/s1. The number of aliphatic hydroxyl groups is 1. The second-order valence-corrected chi connectivity index (χ2v) is 13.5. The molecule has 47 heavy (non-hydrogen) atoms. The highest BCUT2D eigenvalue weighted by Gasteiger charge is 2.35. The highest BCUT2D eigenvalue weighted by molar-refractivity contribution is 7.47. The van der Waals surface area contributed by atoms with Gasteiger partial charge in [-0.15, -0.1) is 0 Å². The van der Waals surface area contributed by atoms with Gasteiger partial charge in [0, 0.05) is 0 Å². The molecule has 0 saturated heterocycles. The van der Waals surface area contributed by atoms with Gasteiger partial charge in [0.1, 0.15) is 24.2 Å². The summed E-state index contributed by atoms with van der Waals surface area (Å²) in [6.07, 6.45) is 0. The molecular formula is C15H31N5O23P4. The summed E-state index contributed by atoms with van der Waals surface area (Å²) in [5.41, 5.74) is 5.37. The van der Waals surface area contributed by atoms with Crippen LogP contribution in [0.1, 0.15) is 0 Å². The number of phosphoric ester groups is 4. The van der Waals surface area contributed by atoms with Gasteiger partial charge in [-0.25, -0.2) is 23.1 Å². The number of carbonyl (C=O) groups excluding carboxylic acids is 4. The quantitative estimate of drug-likeness (QED) is 0.0454. The third-order valence-corrected chi connectivity index (χ3v) is 6.62. The largest absolute Gasteiger partial charge is 0.480 e. The van der Waals surface area contributed by atoms with E-state index < -0.39 is 124 Å². The number of aliphatic carboxylic acids is 1. The Morgan fingerprint density at radius 3 is 1.13 bits per heavy atom. The summed E-state index contributed by atoms with van der Waals surface area (Å²) in [4.78, 5) is 133. The number of hydrogen-bond acceptors (Lipinski definition) is 15. The molecule has 32 heteroatoms. The van der Waals surface area contributed by atoms with Gasteiger partial charge in [0.25, 0.3) is 0 Å². The van der Waals surface area contributed by atoms with Crippen molar-refractivity contribution in [2.45, 2.75) is 30.2 Å². The van der Waals surface area contributed by atoms with E-state index in [1.54, 1.807) is 21.3 Å². The van der Waals surface area contributed by atoms with E-state index in [0.717, 1.165) is 0 Å². The van der Waals surface area contributed by atoms with E-state index in [-0.39, 0.29) is 0 Å². The molecule has 0 unspecified atom stereocenters. The number of nitrogens with one attached hydrogen (secondary N) is 4. The average Bonchev–Trinajstić information content (AvgIpc) is 2.89. The van der Waals surface area contributed by atoms with E-state index in [1.807, 2.05) is 0 Å². The van der Waals surface area contributed by atoms with Gasteiger partial charge in [0.2, 0.25) is 23.6 Å². The monoisotopic (exact) mass is 773 g/mol. The maximum atomic E-state index is 12.9. The normalized spacial score (nSPS) is 15.8. The highest BCUT2D eigenvalue weighted by Crippen LogP contribution is 2.37. The molecule has 274 valence electrons. The molecule has 0 aliphatic carbocycles. The van der Waals surface area contributed by atoms with Crippen LogP contribution in [0.2, 0.25) is 0 Å². The lowest BCUT2D eigenvalue weighted by atomic mass is 10.2. The van der Waals surface area contributed by atoms with E-state index in [9.17, 15) is 47.3 Å². The van der Waals surface area contributed by atoms with Gasteiger partial charge in [-0.2, -0.15) is 0 Å². The van der Waals surface area contributed by atoms with Crippen LogP contribution in [-0.2, 0) is 60.3 Å². The lowest BCUT2D eigenvalue weighted by molar-refractivity contribution is -0.143. The van der Waals surface area contributed by atoms with E-state index >= 15 is 0 Å². The Balaban J connectivity index is 6.04. The smallest absolute Gasteiger partial charge is 0.469 e. The molecule has 0 aliphatic heterocycles. The van der Waals surface area contributed by atoms with Crippen molar-refractivity contribution in [2.75, 3.05) is 33.0 Å². The Bertz CT molecular complexity index is 1310. The summed E-state index contributed by atoms with van der Waals surface area (Å²) in [7, 11) is -21.2. The number of carboxylic acid groups (broad SMARTS) is 1. The number of amides is 4. The number of carbonyl (C=O) groups is 5. The predicted molar refractivity (Wildman–Crippen MR) is 142 cm³/mol. The Labute approximate surface area is 261 Å². The van der Waals surface area contributed by atoms with Crippen LogP contribution in [0.5, 0.6) is 0 Å². The average molecular weight is 773 g/mol. The summed E-state index contributed by atoms with van der Waals surface area (Å²) in [6.45, 7) is -6.68. The zero-order chi connectivity index (χ0) is 37.0. The molecule has 16 N–H and O–H groups in total. The molecule has 0 fully saturated rings. The lowest BCUT2D eigenvalue weighted by Crippen LogP contribution is -2.61. The van der Waals surface area contributed by atoms with Crippen LogP contribution in [0.25, 0.3) is 0 Å². The van der Waals surface area contributed by atoms with Crippen molar-refractivity contribution in [2.24, 2.45) is 5.73 Å². The van der Waals surface area contributed by atoms with Crippen molar-refractivity contribution in [1.82, 2.24) is 21.3 Å². The van der Waals surface area contributed by atoms with Crippen LogP contribution in [-0.4, -0.2) is 142 Å². The van der Waals surface area contributed by atoms with Gasteiger partial charge >= 0.3 is 37.3 Å². The zero-order valence-electron chi connectivity index (χ0n) is 23.1. The first kappa shape index (κ1) is 44.7. The van der Waals surface area contributed by atoms with E-state index in [1.165, 1.54) is 0 Å². The number of rotatable bonds is 22. The first-order valence-corrected chi connectivity index (χ1v) is 17.9. The minimum Gasteiger partial charge on any atom is -0.480 e. The predicted octanol–water partition coefficient (Wildman–Crippen LogP) is -7.23. The molecule has 28 nitrogen and oxygen atoms in total. The van der Waals surface area contributed by atoms with Gasteiger partial charge in [0.05, 0.1) is 33.0 Å². The van der Waals surface area contributed by atoms with Crippen molar-refractivity contribution in [3.8, 4) is 0 Å². The van der Waals surface area contributed by atoms with E-state index in [0.29, 0.717) is 0 Å². The SMILES string of the molecule is N[C@@H](COP(=O)(O)O)C(=O)N[C@@H](COP(=O)(O)O)C(=O)N[C@@H](COP(=O)(O)O)C(=O)N[C@@H](CO)C(=O)N[C@@H](COP(=O)(O)O)C(=O)O. The molecule has 0 aromatic carbocycles. The molecule has 0 aliphatic rings. The van der Waals surface area contributed by atoms with Crippen molar-refractivity contribution >= 4 is 60.9 Å². The number of carboxylic acids is 1. The third-order valence-electron chi connectivity index (χ3n) is 4.68. The Hall–Kier alpha value is -2.29. The summed E-state index contributed by atoms with van der Waals surface area (Å²) in [6, 6.07) is -10.8. The van der Waals surface area contributed by atoms with Gasteiger partial charge in [-0.3, -0.25) is 37.3 Å². The second-order valence-electron chi connectivity index (χ2n) is 8.52. The van der Waals surface area contributed by atoms with Crippen LogP contribution in [0.3, 0.4) is 0 Å². The van der Waals surface area contributed by atoms with Crippen LogP contribution >= 0.6 is 31.3 Å². The molecule has 0 heterocycles. The minimum atomic E-state index is -5.42. The lowest BCUT2D eigenvalue weighted by Gasteiger charge is -2.26. The van der Waals surface area contributed by atoms with E-state index in [4.69, 9.17) is 50.0 Å². The molecular weight excluding hydrogens is 742 g/mol. The molecule has 0 spiro atoms. The first-order chi connectivity index (χ1) is 21.1. The number of nitrogens with two attached hydrogens (primary N) is 1. The molecule has 0 aromatic heterocycles. The fourth-order valence-corrected chi connectivity index (χ4v) is 3.98. The van der Waals surface area contributed by atoms with Crippen molar-refractivity contribution < 1.29 is 110 Å². The van der Waals surface area contributed by atoms with Gasteiger partial charge in [-0.05, 0) is 0 Å². The molecule has 0 bridgehead atoms. The molecule has 0 saturated carbocycles. The van der Waals surface area contributed by atoms with Crippen LogP contribution < -0.4 is 27.0 Å². The summed E-state index contributed by atoms with van der Waals surface area (Å²) < 4.78 is 60.2. The highest BCUT2D eigenvalue weighted by atomic mass is 31.2. The Morgan fingerprint density at radius 2 is 0.787 bits per heavy atom. The zero-order valence-corrected chi connectivity index (χ0v) is 26.6. The van der Waals surface area contributed by atoms with Crippen molar-refractivity contribution in [1.29, 1.82) is 0 Å². The van der Waals surface area contributed by atoms with Gasteiger partial charge < -0.3 is 76.4 Å². The number of aliphatic hydroxyl groups excluding tert-OH is 1. The maximum absolute atomic E-state index is 12.9. The van der Waals surface area contributed by atoms with Crippen LogP contribution in [0.15, 0.2) is 0 Å². The molecule has 0 aromatic rings. The Morgan fingerprint density at radius 1 is 0.511 bits per heavy atom. The summed E-state index contributed by atoms with van der Waals surface area (Å²) in [5.74, 6) is -8.20. The summed E-state index contributed by atoms with van der Waals surface area (Å²) >= 11 is 0. The van der Waals surface area contributed by atoms with Crippen LogP contribution in [0, 0.1) is 0 Å². The number of phosphoric acid groups is 4. The molecule has 0 radical (unpaired) electrons. The third kappa shape index (κ3) is 21.3. The number of hydrogen-bond donors (Lipinski definition) is 15. The fourth-order valence-electron chi connectivity index (χ4n) is 2.60. The molecule has 5 atom stereocenters. The topological polar surface area (TPSA) is 467 Å². The molecule has 0 rings (SSSR count). The van der Waals surface area contributed by atoms with Crippen LogP contribution in [0.4, 0.5) is 0 Å². The molecule has 4 amide bonds. The fraction of sp³-hybridized carbons (Fsp3) is 0.667. The summed E-state index contributed by atoms with van der Waals surface area (Å²) in [5, 5.41) is 25.5. The van der Waals surface area contributed by atoms with Crippen molar-refractivity contribution in [3.63, 3.8) is 0 Å². The van der Waals surface area contributed by atoms with E-state index in [2.05, 4.69) is 18.1 Å².